The lowest BCUT2D eigenvalue weighted by Gasteiger charge is -2.42. The summed E-state index contributed by atoms with van der Waals surface area (Å²) < 4.78 is 10.6. The van der Waals surface area contributed by atoms with Crippen LogP contribution in [0.5, 0.6) is 11.5 Å². The highest BCUT2D eigenvalue weighted by molar-refractivity contribution is 5.73. The largest absolute Gasteiger partial charge is 0.497 e. The Morgan fingerprint density at radius 2 is 1.15 bits per heavy atom. The third kappa shape index (κ3) is 9.19. The molecule has 0 fully saturated rings. The van der Waals surface area contributed by atoms with E-state index in [0.717, 1.165) is 30.2 Å². The van der Waals surface area contributed by atoms with Crippen LogP contribution < -0.4 is 25.3 Å². The minimum Gasteiger partial charge on any atom is -0.497 e. The number of allylic oxidation sites excluding steroid dienone is 2. The minimum atomic E-state index is -0.264. The van der Waals surface area contributed by atoms with E-state index in [2.05, 4.69) is 190 Å². The molecule has 0 saturated heterocycles. The predicted octanol–water partition coefficient (Wildman–Crippen LogP) is 12.4. The van der Waals surface area contributed by atoms with Gasteiger partial charge < -0.3 is 14.9 Å². The SMILES string of the molecule is CC(C)c1ccc(C2=CC(c3ccc(C(C)C)cc3)N(c3ccc(C(C)C)cc3)N2)cc1.COc1ccc(C2=CC=CC(c3ccc(OC)cc3)(N3CC=CN3)C2)cc1. The van der Waals surface area contributed by atoms with E-state index in [1.807, 2.05) is 30.5 Å². The van der Waals surface area contributed by atoms with Crippen LogP contribution in [0.15, 0.2) is 158 Å². The zero-order valence-electron chi connectivity index (χ0n) is 35.9. The van der Waals surface area contributed by atoms with Gasteiger partial charge in [-0.2, -0.15) is 0 Å². The highest BCUT2D eigenvalue weighted by Crippen LogP contribution is 2.43. The third-order valence-corrected chi connectivity index (χ3v) is 11.8. The normalized spacial score (nSPS) is 18.6. The van der Waals surface area contributed by atoms with Crippen molar-refractivity contribution >= 4 is 17.0 Å². The number of nitrogens with one attached hydrogen (secondary N) is 2. The number of hydrogen-bond donors (Lipinski definition) is 2. The molecule has 0 amide bonds. The summed E-state index contributed by atoms with van der Waals surface area (Å²) in [6, 6.07) is 43.8. The van der Waals surface area contributed by atoms with Gasteiger partial charge in [-0.3, -0.25) is 10.4 Å². The van der Waals surface area contributed by atoms with E-state index < -0.39 is 0 Å². The van der Waals surface area contributed by atoms with E-state index in [1.54, 1.807) is 14.2 Å². The molecule has 0 aromatic heterocycles. The summed E-state index contributed by atoms with van der Waals surface area (Å²) in [6.45, 7) is 14.3. The summed E-state index contributed by atoms with van der Waals surface area (Å²) in [5.41, 5.74) is 19.5. The molecule has 8 rings (SSSR count). The fourth-order valence-corrected chi connectivity index (χ4v) is 8.03. The van der Waals surface area contributed by atoms with Crippen LogP contribution in [0.25, 0.3) is 11.3 Å². The lowest BCUT2D eigenvalue weighted by Crippen LogP contribution is -2.49. The van der Waals surface area contributed by atoms with Crippen LogP contribution in [0.1, 0.15) is 111 Å². The van der Waals surface area contributed by atoms with E-state index in [1.165, 1.54) is 50.2 Å². The molecule has 2 heterocycles. The Balaban J connectivity index is 0.000000181. The summed E-state index contributed by atoms with van der Waals surface area (Å²) in [5.74, 6) is 3.35. The molecular formula is C53H60N4O2. The summed E-state index contributed by atoms with van der Waals surface area (Å²) in [5, 5.41) is 4.57. The lowest BCUT2D eigenvalue weighted by molar-refractivity contribution is 0.119. The van der Waals surface area contributed by atoms with Crippen LogP contribution in [0.4, 0.5) is 5.69 Å². The first kappa shape index (κ1) is 41.2. The molecule has 0 saturated carbocycles. The van der Waals surface area contributed by atoms with Gasteiger partial charge in [-0.15, -0.1) is 0 Å². The number of methoxy groups -OCH3 is 2. The van der Waals surface area contributed by atoms with Gasteiger partial charge in [0.2, 0.25) is 0 Å². The molecule has 0 bridgehead atoms. The van der Waals surface area contributed by atoms with E-state index in [0.29, 0.717) is 17.8 Å². The molecule has 0 radical (unpaired) electrons. The molecular weight excluding hydrogens is 725 g/mol. The number of benzene rings is 5. The van der Waals surface area contributed by atoms with Crippen LogP contribution >= 0.6 is 0 Å². The van der Waals surface area contributed by atoms with Crippen molar-refractivity contribution in [2.75, 3.05) is 25.8 Å². The van der Waals surface area contributed by atoms with E-state index in [-0.39, 0.29) is 11.6 Å². The Kier molecular flexibility index (Phi) is 12.8. The summed E-state index contributed by atoms with van der Waals surface area (Å²) >= 11 is 0. The topological polar surface area (TPSA) is 49.0 Å². The molecule has 2 aliphatic heterocycles. The zero-order valence-corrected chi connectivity index (χ0v) is 35.9. The number of hydrogen-bond acceptors (Lipinski definition) is 6. The maximum Gasteiger partial charge on any atom is 0.118 e. The first-order valence-corrected chi connectivity index (χ1v) is 21.0. The molecule has 304 valence electrons. The van der Waals surface area contributed by atoms with Crippen LogP contribution in [0.3, 0.4) is 0 Å². The van der Waals surface area contributed by atoms with Gasteiger partial charge in [0.15, 0.2) is 0 Å². The van der Waals surface area contributed by atoms with Crippen LogP contribution in [0, 0.1) is 0 Å². The van der Waals surface area contributed by atoms with Crippen molar-refractivity contribution in [3.05, 3.63) is 197 Å². The zero-order chi connectivity index (χ0) is 41.5. The molecule has 59 heavy (non-hydrogen) atoms. The average molecular weight is 785 g/mol. The quantitative estimate of drug-likeness (QED) is 0.139. The van der Waals surface area contributed by atoms with Crippen molar-refractivity contribution in [3.63, 3.8) is 0 Å². The minimum absolute atomic E-state index is 0.140. The number of ether oxygens (including phenoxy) is 2. The Labute approximate surface area is 352 Å². The molecule has 5 aromatic rings. The molecule has 0 spiro atoms. The van der Waals surface area contributed by atoms with Crippen LogP contribution in [0.2, 0.25) is 0 Å². The second-order valence-corrected chi connectivity index (χ2v) is 16.6. The molecule has 2 unspecified atom stereocenters. The van der Waals surface area contributed by atoms with E-state index in [9.17, 15) is 0 Å². The number of hydrazine groups is 2. The third-order valence-electron chi connectivity index (χ3n) is 11.8. The van der Waals surface area contributed by atoms with Crippen molar-refractivity contribution < 1.29 is 9.47 Å². The standard InChI is InChI=1S/C30H36N2.C23H24N2O2/c1-20(2)23-7-11-26(12-8-23)29-19-30(27-13-9-24(10-14-27)21(3)4)32(31-29)28-17-15-25(16-18-28)22(5)6;1-26-21-10-6-18(7-11-21)19-5-3-14-23(17-19,25-16-4-15-24-25)20-8-12-22(27-2)13-9-20/h7-22,30-31H,1-6H3;3-15,24H,16-17H2,1-2H3. The van der Waals surface area contributed by atoms with Crippen molar-refractivity contribution in [3.8, 4) is 11.5 Å². The first-order valence-electron chi connectivity index (χ1n) is 21.0. The fraction of sp³-hybridized carbons (Fsp3) is 0.283. The van der Waals surface area contributed by atoms with Gasteiger partial charge in [-0.1, -0.05) is 151 Å². The monoisotopic (exact) mass is 784 g/mol. The Bertz CT molecular complexity index is 2260. The van der Waals surface area contributed by atoms with Gasteiger partial charge in [-0.25, -0.2) is 5.01 Å². The van der Waals surface area contributed by atoms with E-state index >= 15 is 0 Å². The van der Waals surface area contributed by atoms with Gasteiger partial charge in [0.05, 0.1) is 37.2 Å². The number of rotatable bonds is 11. The van der Waals surface area contributed by atoms with Crippen LogP contribution in [-0.4, -0.2) is 25.8 Å². The fourth-order valence-electron chi connectivity index (χ4n) is 8.03. The van der Waals surface area contributed by atoms with Crippen molar-refractivity contribution in [1.82, 2.24) is 15.9 Å². The van der Waals surface area contributed by atoms with E-state index in [4.69, 9.17) is 9.47 Å². The first-order chi connectivity index (χ1) is 28.6. The second-order valence-electron chi connectivity index (χ2n) is 16.6. The Morgan fingerprint density at radius 1 is 0.627 bits per heavy atom. The smallest absolute Gasteiger partial charge is 0.118 e. The summed E-state index contributed by atoms with van der Waals surface area (Å²) in [4.78, 5) is 0. The number of nitrogens with zero attached hydrogens (tertiary/aromatic N) is 2. The van der Waals surface area contributed by atoms with Gasteiger partial charge in [0.1, 0.15) is 11.5 Å². The van der Waals surface area contributed by atoms with Crippen molar-refractivity contribution in [2.45, 2.75) is 77.3 Å². The average Bonchev–Trinajstić information content (AvgIpc) is 3.99. The van der Waals surface area contributed by atoms with Gasteiger partial charge in [-0.05, 0) is 105 Å². The number of anilines is 1. The molecule has 6 heteroatoms. The molecule has 5 aromatic carbocycles. The Morgan fingerprint density at radius 3 is 1.68 bits per heavy atom. The molecule has 2 N–H and O–H groups in total. The van der Waals surface area contributed by atoms with Crippen LogP contribution in [-0.2, 0) is 5.54 Å². The Hall–Kier alpha value is -5.98. The summed E-state index contributed by atoms with van der Waals surface area (Å²) in [7, 11) is 3.39. The van der Waals surface area contributed by atoms with Crippen molar-refractivity contribution in [1.29, 1.82) is 0 Å². The maximum atomic E-state index is 5.34. The second kappa shape index (κ2) is 18.3. The molecule has 3 aliphatic rings. The highest BCUT2D eigenvalue weighted by Gasteiger charge is 2.39. The predicted molar refractivity (Wildman–Crippen MR) is 246 cm³/mol. The van der Waals surface area contributed by atoms with Gasteiger partial charge in [0.25, 0.3) is 0 Å². The van der Waals surface area contributed by atoms with Crippen molar-refractivity contribution in [2.24, 2.45) is 0 Å². The van der Waals surface area contributed by atoms with Gasteiger partial charge in [0, 0.05) is 19.2 Å². The maximum absolute atomic E-state index is 5.34. The van der Waals surface area contributed by atoms with Gasteiger partial charge >= 0.3 is 0 Å². The lowest BCUT2D eigenvalue weighted by atomic mass is 9.78. The molecule has 2 atom stereocenters. The summed E-state index contributed by atoms with van der Waals surface area (Å²) in [6.07, 6.45) is 14.0. The molecule has 1 aliphatic carbocycles. The molecule has 6 nitrogen and oxygen atoms in total. The highest BCUT2D eigenvalue weighted by atomic mass is 16.5.